The van der Waals surface area contributed by atoms with Gasteiger partial charge in [0.05, 0.1) is 0 Å². The van der Waals surface area contributed by atoms with Gasteiger partial charge in [-0.05, 0) is 57.0 Å². The number of carbonyl (C=O) groups is 2. The van der Waals surface area contributed by atoms with Crippen molar-refractivity contribution in [2.75, 3.05) is 13.6 Å². The topological polar surface area (TPSA) is 82.6 Å². The molecule has 0 spiro atoms. The molecule has 6 nitrogen and oxygen atoms in total. The SMILES string of the molecule is Cc1cc2c(CC3CCCN3C)c[nH]c2cc1OC(=O)C(=O)O. The molecule has 0 amide bonds. The number of carbonyl (C=O) groups excluding carboxylic acids is 1. The molecule has 1 aromatic carbocycles. The van der Waals surface area contributed by atoms with Crippen molar-refractivity contribution >= 4 is 22.8 Å². The first-order valence-electron chi connectivity index (χ1n) is 7.71. The number of esters is 1. The quantitative estimate of drug-likeness (QED) is 0.515. The number of aromatic nitrogens is 1. The van der Waals surface area contributed by atoms with E-state index < -0.39 is 11.9 Å². The molecule has 1 unspecified atom stereocenters. The van der Waals surface area contributed by atoms with Crippen molar-refractivity contribution < 1.29 is 19.4 Å². The van der Waals surface area contributed by atoms with Crippen LogP contribution in [0.15, 0.2) is 18.3 Å². The van der Waals surface area contributed by atoms with E-state index in [0.29, 0.717) is 6.04 Å². The Balaban J connectivity index is 1.88. The lowest BCUT2D eigenvalue weighted by molar-refractivity contribution is -0.158. The number of hydrogen-bond acceptors (Lipinski definition) is 4. The van der Waals surface area contributed by atoms with Crippen molar-refractivity contribution in [2.24, 2.45) is 0 Å². The van der Waals surface area contributed by atoms with E-state index in [1.807, 2.05) is 19.2 Å². The van der Waals surface area contributed by atoms with Crippen molar-refractivity contribution in [3.05, 3.63) is 29.5 Å². The lowest BCUT2D eigenvalue weighted by Gasteiger charge is -2.18. The predicted molar refractivity (Wildman–Crippen MR) is 85.7 cm³/mol. The Hall–Kier alpha value is -2.34. The third-order valence-corrected chi connectivity index (χ3v) is 4.57. The Morgan fingerprint density at radius 1 is 1.43 bits per heavy atom. The molecule has 2 aromatic rings. The molecule has 2 heterocycles. The van der Waals surface area contributed by atoms with Gasteiger partial charge in [-0.25, -0.2) is 9.59 Å². The van der Waals surface area contributed by atoms with Gasteiger partial charge in [-0.2, -0.15) is 0 Å². The van der Waals surface area contributed by atoms with Crippen molar-refractivity contribution in [3.8, 4) is 5.75 Å². The van der Waals surface area contributed by atoms with E-state index in [4.69, 9.17) is 9.84 Å². The van der Waals surface area contributed by atoms with E-state index in [2.05, 4.69) is 16.9 Å². The molecular formula is C17H20N2O4. The Morgan fingerprint density at radius 2 is 2.22 bits per heavy atom. The van der Waals surface area contributed by atoms with Crippen LogP contribution in [-0.4, -0.2) is 46.6 Å². The minimum Gasteiger partial charge on any atom is -0.473 e. The van der Waals surface area contributed by atoms with Crippen molar-refractivity contribution in [1.29, 1.82) is 0 Å². The van der Waals surface area contributed by atoms with E-state index in [1.165, 1.54) is 18.4 Å². The van der Waals surface area contributed by atoms with Gasteiger partial charge in [0.25, 0.3) is 0 Å². The first-order valence-corrected chi connectivity index (χ1v) is 7.71. The summed E-state index contributed by atoms with van der Waals surface area (Å²) < 4.78 is 4.91. The molecule has 1 aliphatic heterocycles. The summed E-state index contributed by atoms with van der Waals surface area (Å²) in [5, 5.41) is 9.74. The number of aliphatic carboxylic acids is 1. The van der Waals surface area contributed by atoms with Crippen LogP contribution in [0.1, 0.15) is 24.0 Å². The molecule has 1 atom stereocenters. The number of rotatable bonds is 3. The van der Waals surface area contributed by atoms with Gasteiger partial charge < -0.3 is 19.7 Å². The summed E-state index contributed by atoms with van der Waals surface area (Å²) in [6.45, 7) is 2.95. The Kier molecular flexibility index (Phi) is 4.09. The maximum Gasteiger partial charge on any atom is 0.422 e. The maximum atomic E-state index is 11.2. The van der Waals surface area contributed by atoms with Crippen molar-refractivity contribution in [2.45, 2.75) is 32.2 Å². The summed E-state index contributed by atoms with van der Waals surface area (Å²) in [5.41, 5.74) is 2.82. The number of likely N-dealkylation sites (tertiary alicyclic amines) is 1. The zero-order valence-corrected chi connectivity index (χ0v) is 13.3. The van der Waals surface area contributed by atoms with Gasteiger partial charge in [0, 0.05) is 29.2 Å². The van der Waals surface area contributed by atoms with Crippen LogP contribution in [0, 0.1) is 6.92 Å². The lowest BCUT2D eigenvalue weighted by Crippen LogP contribution is -2.26. The molecule has 1 saturated heterocycles. The second-order valence-corrected chi connectivity index (χ2v) is 6.15. The molecule has 1 aromatic heterocycles. The van der Waals surface area contributed by atoms with Gasteiger partial charge in [-0.15, -0.1) is 0 Å². The molecular weight excluding hydrogens is 296 g/mol. The number of fused-ring (bicyclic) bond motifs is 1. The minimum atomic E-state index is -1.60. The Labute approximate surface area is 134 Å². The third-order valence-electron chi connectivity index (χ3n) is 4.57. The summed E-state index contributed by atoms with van der Waals surface area (Å²) in [7, 11) is 2.15. The first kappa shape index (κ1) is 15.6. The highest BCUT2D eigenvalue weighted by atomic mass is 16.6. The average Bonchev–Trinajstić information content (AvgIpc) is 3.07. The zero-order chi connectivity index (χ0) is 16.6. The van der Waals surface area contributed by atoms with Crippen LogP contribution < -0.4 is 4.74 Å². The van der Waals surface area contributed by atoms with Crippen LogP contribution in [0.4, 0.5) is 0 Å². The standard InChI is InChI=1S/C17H20N2O4/c1-10-6-13-11(7-12-4-3-5-19(12)2)9-18-14(13)8-15(10)23-17(22)16(20)21/h6,8-9,12,18H,3-5,7H2,1-2H3,(H,20,21). The number of carboxylic acids is 1. The Morgan fingerprint density at radius 3 is 2.87 bits per heavy atom. The number of carboxylic acid groups (broad SMARTS) is 1. The number of ether oxygens (including phenoxy) is 1. The fourth-order valence-electron chi connectivity index (χ4n) is 3.23. The molecule has 3 rings (SSSR count). The number of aryl methyl sites for hydroxylation is 1. The van der Waals surface area contributed by atoms with E-state index in [9.17, 15) is 9.59 Å². The zero-order valence-electron chi connectivity index (χ0n) is 13.3. The number of nitrogens with zero attached hydrogens (tertiary/aromatic N) is 1. The number of hydrogen-bond donors (Lipinski definition) is 2. The number of likely N-dealkylation sites (N-methyl/N-ethyl adjacent to an activating group) is 1. The van der Waals surface area contributed by atoms with E-state index in [0.717, 1.165) is 29.4 Å². The van der Waals surface area contributed by atoms with E-state index in [-0.39, 0.29) is 5.75 Å². The van der Waals surface area contributed by atoms with Gasteiger partial charge in [-0.3, -0.25) is 0 Å². The van der Waals surface area contributed by atoms with Gasteiger partial charge in [-0.1, -0.05) is 0 Å². The fraction of sp³-hybridized carbons (Fsp3) is 0.412. The molecule has 0 saturated carbocycles. The second-order valence-electron chi connectivity index (χ2n) is 6.15. The molecule has 0 aliphatic carbocycles. The van der Waals surface area contributed by atoms with Crippen LogP contribution in [0.3, 0.4) is 0 Å². The van der Waals surface area contributed by atoms with E-state index >= 15 is 0 Å². The van der Waals surface area contributed by atoms with E-state index in [1.54, 1.807) is 6.07 Å². The van der Waals surface area contributed by atoms with Crippen molar-refractivity contribution in [1.82, 2.24) is 9.88 Å². The van der Waals surface area contributed by atoms with Gasteiger partial charge in [0.1, 0.15) is 5.75 Å². The highest BCUT2D eigenvalue weighted by Crippen LogP contribution is 2.30. The van der Waals surface area contributed by atoms with Crippen LogP contribution in [0.2, 0.25) is 0 Å². The molecule has 0 radical (unpaired) electrons. The molecule has 1 fully saturated rings. The molecule has 23 heavy (non-hydrogen) atoms. The number of H-pyrrole nitrogens is 1. The summed E-state index contributed by atoms with van der Waals surface area (Å²) in [6, 6.07) is 4.19. The fourth-order valence-corrected chi connectivity index (χ4v) is 3.23. The highest BCUT2D eigenvalue weighted by Gasteiger charge is 2.23. The summed E-state index contributed by atoms with van der Waals surface area (Å²) in [4.78, 5) is 27.4. The van der Waals surface area contributed by atoms with Crippen LogP contribution in [-0.2, 0) is 16.0 Å². The van der Waals surface area contributed by atoms with Gasteiger partial charge in [0.2, 0.25) is 0 Å². The summed E-state index contributed by atoms with van der Waals surface area (Å²) in [6.07, 6.45) is 5.40. The van der Waals surface area contributed by atoms with Gasteiger partial charge in [0.15, 0.2) is 0 Å². The largest absolute Gasteiger partial charge is 0.473 e. The smallest absolute Gasteiger partial charge is 0.422 e. The van der Waals surface area contributed by atoms with Crippen LogP contribution in [0.5, 0.6) is 5.75 Å². The normalized spacial score (nSPS) is 18.4. The average molecular weight is 316 g/mol. The number of nitrogens with one attached hydrogen (secondary N) is 1. The number of aromatic amines is 1. The summed E-state index contributed by atoms with van der Waals surface area (Å²) >= 11 is 0. The Bertz CT molecular complexity index is 765. The first-order chi connectivity index (χ1) is 11.0. The second kappa shape index (κ2) is 6.04. The highest BCUT2D eigenvalue weighted by molar-refractivity contribution is 6.29. The molecule has 0 bridgehead atoms. The van der Waals surface area contributed by atoms with Gasteiger partial charge >= 0.3 is 11.9 Å². The van der Waals surface area contributed by atoms with Crippen molar-refractivity contribution in [3.63, 3.8) is 0 Å². The molecule has 2 N–H and O–H groups in total. The molecule has 1 aliphatic rings. The summed E-state index contributed by atoms with van der Waals surface area (Å²) in [5.74, 6) is -2.59. The number of benzene rings is 1. The monoisotopic (exact) mass is 316 g/mol. The molecule has 122 valence electrons. The molecule has 6 heteroatoms. The van der Waals surface area contributed by atoms with Crippen LogP contribution >= 0.6 is 0 Å². The lowest BCUT2D eigenvalue weighted by atomic mass is 10.0. The van der Waals surface area contributed by atoms with Crippen LogP contribution in [0.25, 0.3) is 10.9 Å². The minimum absolute atomic E-state index is 0.274. The third kappa shape index (κ3) is 3.07. The predicted octanol–water partition coefficient (Wildman–Crippen LogP) is 2.10. The maximum absolute atomic E-state index is 11.2.